The van der Waals surface area contributed by atoms with E-state index in [0.29, 0.717) is 57.5 Å². The molecule has 6 aliphatic heterocycles. The Balaban J connectivity index is 0.000000117. The maximum absolute atomic E-state index is 13.4. The fourth-order valence-electron chi connectivity index (χ4n) is 16.0. The van der Waals surface area contributed by atoms with Gasteiger partial charge in [-0.3, -0.25) is 4.79 Å². The number of imidazole rings is 2. The van der Waals surface area contributed by atoms with Crippen molar-refractivity contribution in [1.82, 2.24) is 83.7 Å². The van der Waals surface area contributed by atoms with Crippen LogP contribution in [0.2, 0.25) is 0 Å². The number of carbonyl (C=O) groups excluding carboxylic acids is 1. The Hall–Kier alpha value is -12.6. The van der Waals surface area contributed by atoms with Crippen LogP contribution in [-0.4, -0.2) is 188 Å². The molecule has 4 spiro atoms. The second-order valence-corrected chi connectivity index (χ2v) is 30.7. The van der Waals surface area contributed by atoms with E-state index in [1.807, 2.05) is 83.4 Å². The van der Waals surface area contributed by atoms with Crippen LogP contribution >= 0.6 is 0 Å². The number of rotatable bonds is 13. The second kappa shape index (κ2) is 31.4. The molecule has 31 heteroatoms. The van der Waals surface area contributed by atoms with E-state index in [1.165, 1.54) is 108 Å². The maximum Gasteiger partial charge on any atom is 0.358 e. The van der Waals surface area contributed by atoms with Gasteiger partial charge in [-0.15, -0.1) is 0 Å². The van der Waals surface area contributed by atoms with Crippen LogP contribution in [0.5, 0.6) is 0 Å². The van der Waals surface area contributed by atoms with Crippen molar-refractivity contribution in [1.29, 1.82) is 10.5 Å². The fourth-order valence-corrected chi connectivity index (χ4v) is 16.0. The summed E-state index contributed by atoms with van der Waals surface area (Å²) in [5, 5.41) is 29.6. The topological polar surface area (TPSA) is 398 Å². The van der Waals surface area contributed by atoms with Gasteiger partial charge in [0.15, 0.2) is 34.5 Å². The molecule has 2 aliphatic carbocycles. The van der Waals surface area contributed by atoms with Crippen LogP contribution in [0.25, 0.3) is 57.0 Å². The van der Waals surface area contributed by atoms with Crippen LogP contribution < -0.4 is 37.2 Å². The number of hydrogen-bond acceptors (Lipinski definition) is 27. The van der Waals surface area contributed by atoms with Gasteiger partial charge in [0.25, 0.3) is 0 Å². The molecule has 0 radical (unpaired) electrons. The first-order valence-corrected chi connectivity index (χ1v) is 37.3. The number of ketones is 1. The zero-order valence-electron chi connectivity index (χ0n) is 62.8. The van der Waals surface area contributed by atoms with Gasteiger partial charge in [-0.2, -0.15) is 14.9 Å². The third-order valence-electron chi connectivity index (χ3n) is 22.0. The summed E-state index contributed by atoms with van der Waals surface area (Å²) < 4.78 is 26.7. The zero-order valence-corrected chi connectivity index (χ0v) is 62.8. The van der Waals surface area contributed by atoms with Gasteiger partial charge in [0.2, 0.25) is 17.7 Å². The highest BCUT2D eigenvalue weighted by molar-refractivity contribution is 5.99. The second-order valence-electron chi connectivity index (χ2n) is 30.7. The number of fused-ring (bicyclic) bond motifs is 2. The maximum atomic E-state index is 13.4. The van der Waals surface area contributed by atoms with E-state index in [1.54, 1.807) is 42.9 Å². The minimum Gasteiger partial charge on any atom is -0.476 e. The number of halogens is 1. The summed E-state index contributed by atoms with van der Waals surface area (Å²) in [6.45, 7) is 18.4. The summed E-state index contributed by atoms with van der Waals surface area (Å²) in [6, 6.07) is 33.0. The van der Waals surface area contributed by atoms with E-state index < -0.39 is 11.9 Å². The number of nitrogens with two attached hydrogens (primary N) is 3. The standard InChI is InChI=1S/C29H29N9O2.C16H12N6O3.C12H18N4.C12H13N3.C6H3FN2.C6H11N/c1-18-12-32-22-9-6-19(13-38(18)22)24-26(28-31-10-11-40-28)35-27(30)25(34-24)21(39)8-7-20-4-3-5-23(33-20)37-16-29(17-37)14-36(2)15-29;1-8-6-19-10-3-2-9(7-22(8)10)11-12(15-18-4-5-25-15)21-14(17)13(20-11)16(23)24;1-15-6-12(7-15)8-16(9-12)11-4-2-3-10(5-13)14-11;13-7-10-3-1-4-11(14-10)15-8-12(9-15)5-2-6-12;7-6-3-1-2-5(4-8)9-6;1-2-6(3-1)4-7-5-6/h3-6,9-13H,7-8,14-17H2,1-2H3,(H2,30,35);2-7H,1H3,(H2,17,21)(H,23,24);2-4H,5-9,13H2,1H3;1,3-4H,2,5-6,8-9H2;1-3H;7H,1-5H2. The van der Waals surface area contributed by atoms with E-state index in [2.05, 4.69) is 106 Å². The predicted molar refractivity (Wildman–Crippen MR) is 418 cm³/mol. The minimum absolute atomic E-state index is 0.0416. The number of nitrogen functional groups attached to an aromatic ring is 2. The molecule has 572 valence electrons. The number of nitrogens with one attached hydrogen (secondary N) is 1. The van der Waals surface area contributed by atoms with Crippen molar-refractivity contribution in [2.45, 2.75) is 71.8 Å². The number of anilines is 5. The monoisotopic (exact) mass is 1510 g/mol. The lowest BCUT2D eigenvalue weighted by Crippen LogP contribution is -2.71. The molecule has 112 heavy (non-hydrogen) atoms. The van der Waals surface area contributed by atoms with Crippen molar-refractivity contribution in [3.63, 3.8) is 0 Å². The van der Waals surface area contributed by atoms with Crippen LogP contribution in [0.4, 0.5) is 33.5 Å². The number of Topliss-reactive ketones (excluding diaryl/α,β-unsaturated/α-hetero) is 1. The number of aromatic nitrogens is 14. The first-order chi connectivity index (χ1) is 54.2. The van der Waals surface area contributed by atoms with Crippen molar-refractivity contribution < 1.29 is 27.9 Å². The molecule has 0 amide bonds. The first kappa shape index (κ1) is 74.9. The molecule has 0 unspecified atom stereocenters. The molecular weight excluding hydrogens is 1420 g/mol. The molecule has 8 aliphatic rings. The third kappa shape index (κ3) is 15.9. The number of aromatic carboxylic acids is 1. The molecule has 0 bridgehead atoms. The van der Waals surface area contributed by atoms with E-state index >= 15 is 0 Å². The number of nitriles is 2. The highest BCUT2D eigenvalue weighted by atomic mass is 19.1. The Kier molecular flexibility index (Phi) is 21.0. The van der Waals surface area contributed by atoms with Gasteiger partial charge in [-0.1, -0.05) is 37.1 Å². The SMILES string of the molecule is C1CC2(C1)CNC2.CN1CC2(C1)CN(c1cccc(CN)n1)C2.Cc1cnc2ccc(-c3nc(C(=O)CCc4cccc(N5CC6(CN(C)C6)C5)n4)c(N)nc3-c3ncco3)cn12.Cc1cnc2ccc(-c3nc(C(=O)O)c(N)nc3-c3ncco3)cn12.N#Cc1cccc(F)n1.N#Cc1cccc(N2CC3(CCC3)C2)n1. The van der Waals surface area contributed by atoms with Crippen molar-refractivity contribution in [2.24, 2.45) is 27.4 Å². The highest BCUT2D eigenvalue weighted by Crippen LogP contribution is 2.49. The van der Waals surface area contributed by atoms with Gasteiger partial charge in [0.05, 0.1) is 18.1 Å². The summed E-state index contributed by atoms with van der Waals surface area (Å²) in [4.78, 5) is 88.0. The van der Waals surface area contributed by atoms with Crippen LogP contribution in [0.15, 0.2) is 156 Å². The Morgan fingerprint density at radius 3 is 1.41 bits per heavy atom. The number of pyridine rings is 6. The van der Waals surface area contributed by atoms with Gasteiger partial charge < -0.3 is 69.8 Å². The number of hydrogen-bond donors (Lipinski definition) is 5. The average Bonchev–Trinajstić information content (AvgIpc) is 0.943. The Bertz CT molecular complexity index is 5480. The van der Waals surface area contributed by atoms with Crippen LogP contribution in [0.1, 0.15) is 100 Å². The van der Waals surface area contributed by atoms with Crippen molar-refractivity contribution in [2.75, 3.05) is 119 Å². The van der Waals surface area contributed by atoms with Crippen molar-refractivity contribution >= 4 is 52.1 Å². The molecule has 12 aromatic heterocycles. The third-order valence-corrected chi connectivity index (χ3v) is 22.0. The fraction of sp³-hybridized carbons (Fsp3) is 0.358. The van der Waals surface area contributed by atoms with Crippen molar-refractivity contribution in [3.05, 3.63) is 198 Å². The van der Waals surface area contributed by atoms with E-state index in [4.69, 9.17) is 46.5 Å². The molecule has 8 N–H and O–H groups in total. The molecule has 2 saturated carbocycles. The minimum atomic E-state index is -1.26. The average molecular weight is 1510 g/mol. The first-order valence-electron chi connectivity index (χ1n) is 37.3. The molecule has 20 rings (SSSR count). The number of nitrogens with zero attached hydrogens (tertiary/aromatic N) is 21. The highest BCUT2D eigenvalue weighted by Gasteiger charge is 2.52. The molecule has 12 aromatic rings. The summed E-state index contributed by atoms with van der Waals surface area (Å²) in [5.41, 5.74) is 28.6. The lowest BCUT2D eigenvalue weighted by Gasteiger charge is -2.60. The predicted octanol–water partition coefficient (Wildman–Crippen LogP) is 9.42. The smallest absolute Gasteiger partial charge is 0.358 e. The normalized spacial score (nSPS) is 17.3. The summed E-state index contributed by atoms with van der Waals surface area (Å²) in [6.07, 6.45) is 22.4. The zero-order chi connectivity index (χ0) is 77.9. The number of aryl methyl sites for hydroxylation is 3. The van der Waals surface area contributed by atoms with E-state index in [9.17, 15) is 19.1 Å². The molecular formula is C81H86FN25O5. The van der Waals surface area contributed by atoms with Crippen LogP contribution in [0, 0.1) is 64.1 Å². The van der Waals surface area contributed by atoms with Crippen LogP contribution in [0.3, 0.4) is 0 Å². The Labute approximate surface area is 645 Å². The number of carbonyl (C=O) groups is 2. The molecule has 0 atom stereocenters. The molecule has 18 heterocycles. The van der Waals surface area contributed by atoms with E-state index in [0.717, 1.165) is 115 Å². The van der Waals surface area contributed by atoms with Gasteiger partial charge in [0.1, 0.15) is 81.9 Å². The van der Waals surface area contributed by atoms with Gasteiger partial charge in [-0.05, 0) is 138 Å². The van der Waals surface area contributed by atoms with Gasteiger partial charge >= 0.3 is 5.97 Å². The molecule has 8 fully saturated rings. The molecule has 6 saturated heterocycles. The largest absolute Gasteiger partial charge is 0.476 e. The van der Waals surface area contributed by atoms with Crippen molar-refractivity contribution in [3.8, 4) is 57.8 Å². The summed E-state index contributed by atoms with van der Waals surface area (Å²) >= 11 is 0. The van der Waals surface area contributed by atoms with Gasteiger partial charge in [-0.25, -0.2) is 64.6 Å². The molecule has 30 nitrogen and oxygen atoms in total. The number of carboxylic acid groups (broad SMARTS) is 1. The Morgan fingerprint density at radius 1 is 0.536 bits per heavy atom. The summed E-state index contributed by atoms with van der Waals surface area (Å²) in [7, 11) is 4.34. The number of carboxylic acids is 1. The van der Waals surface area contributed by atoms with E-state index in [-0.39, 0.29) is 58.4 Å². The summed E-state index contributed by atoms with van der Waals surface area (Å²) in [5.74, 6) is 1.26. The molecule has 0 aromatic carbocycles. The lowest BCUT2D eigenvalue weighted by atomic mass is 9.63. The lowest BCUT2D eigenvalue weighted by molar-refractivity contribution is -0.00287. The number of oxazole rings is 2. The quantitative estimate of drug-likeness (QED) is 0.0529. The van der Waals surface area contributed by atoms with Gasteiger partial charge in [0, 0.05) is 161 Å². The number of likely N-dealkylation sites (tertiary alicyclic amines) is 2. The van der Waals surface area contributed by atoms with Crippen LogP contribution in [-0.2, 0) is 13.0 Å². The Morgan fingerprint density at radius 2 is 0.991 bits per heavy atom.